The molecule has 0 N–H and O–H groups in total. The largest absolute Gasteiger partial charge is 0.497 e. The standard InChI is InChI=1S/C19H17NO2/c1-19(2)14-9-11(22-3)6-7-12(14)18(21)17-13-5-4-8-20-16(13)10-15(17)19/h4-9H,10H2,1-3H3. The molecule has 0 saturated heterocycles. The normalized spacial score (nSPS) is 17.9. The summed E-state index contributed by atoms with van der Waals surface area (Å²) < 4.78 is 5.34. The Morgan fingerprint density at radius 3 is 2.77 bits per heavy atom. The number of Topliss-reactive ketones (excluding diaryl/α,β-unsaturated/α-hetero) is 1. The average Bonchev–Trinajstić information content (AvgIpc) is 2.93. The molecular formula is C19H17NO2. The van der Waals surface area contributed by atoms with Crippen LogP contribution in [0.4, 0.5) is 0 Å². The molecule has 0 radical (unpaired) electrons. The number of ether oxygens (including phenoxy) is 1. The number of carbonyl (C=O) groups excluding carboxylic acids is 1. The maximum Gasteiger partial charge on any atom is 0.194 e. The molecule has 0 saturated carbocycles. The Morgan fingerprint density at radius 1 is 1.18 bits per heavy atom. The van der Waals surface area contributed by atoms with Gasteiger partial charge in [0.2, 0.25) is 0 Å². The van der Waals surface area contributed by atoms with Crippen LogP contribution in [0.3, 0.4) is 0 Å². The molecule has 0 spiro atoms. The summed E-state index contributed by atoms with van der Waals surface area (Å²) in [7, 11) is 1.65. The summed E-state index contributed by atoms with van der Waals surface area (Å²) in [5.74, 6) is 0.899. The summed E-state index contributed by atoms with van der Waals surface area (Å²) in [5, 5.41) is 0. The molecule has 3 nitrogen and oxygen atoms in total. The zero-order valence-corrected chi connectivity index (χ0v) is 12.9. The molecule has 2 aromatic rings. The third-order valence-electron chi connectivity index (χ3n) is 4.93. The quantitative estimate of drug-likeness (QED) is 0.806. The van der Waals surface area contributed by atoms with E-state index < -0.39 is 0 Å². The van der Waals surface area contributed by atoms with Crippen molar-refractivity contribution in [1.82, 2.24) is 4.98 Å². The van der Waals surface area contributed by atoms with Crippen molar-refractivity contribution in [2.24, 2.45) is 0 Å². The van der Waals surface area contributed by atoms with Crippen LogP contribution >= 0.6 is 0 Å². The molecule has 0 aliphatic heterocycles. The van der Waals surface area contributed by atoms with Crippen molar-refractivity contribution in [3.8, 4) is 5.75 Å². The van der Waals surface area contributed by atoms with Crippen molar-refractivity contribution >= 4 is 11.4 Å². The number of carbonyl (C=O) groups is 1. The topological polar surface area (TPSA) is 39.2 Å². The van der Waals surface area contributed by atoms with Crippen molar-refractivity contribution in [3.63, 3.8) is 0 Å². The van der Waals surface area contributed by atoms with Gasteiger partial charge >= 0.3 is 0 Å². The highest BCUT2D eigenvalue weighted by Crippen LogP contribution is 2.49. The summed E-state index contributed by atoms with van der Waals surface area (Å²) in [6.07, 6.45) is 2.55. The zero-order chi connectivity index (χ0) is 15.5. The fraction of sp³-hybridized carbons (Fsp3) is 0.263. The van der Waals surface area contributed by atoms with Crippen molar-refractivity contribution < 1.29 is 9.53 Å². The summed E-state index contributed by atoms with van der Waals surface area (Å²) >= 11 is 0. The monoisotopic (exact) mass is 291 g/mol. The maximum absolute atomic E-state index is 13.0. The molecule has 110 valence electrons. The molecule has 22 heavy (non-hydrogen) atoms. The van der Waals surface area contributed by atoms with E-state index in [1.54, 1.807) is 13.3 Å². The van der Waals surface area contributed by atoms with Gasteiger partial charge in [0.15, 0.2) is 5.78 Å². The lowest BCUT2D eigenvalue weighted by Crippen LogP contribution is -2.29. The highest BCUT2D eigenvalue weighted by atomic mass is 16.5. The van der Waals surface area contributed by atoms with Crippen LogP contribution in [0, 0.1) is 0 Å². The summed E-state index contributed by atoms with van der Waals surface area (Å²) in [4.78, 5) is 17.5. The van der Waals surface area contributed by atoms with Gasteiger partial charge in [-0.2, -0.15) is 0 Å². The average molecular weight is 291 g/mol. The van der Waals surface area contributed by atoms with E-state index in [9.17, 15) is 4.79 Å². The smallest absolute Gasteiger partial charge is 0.194 e. The Kier molecular flexibility index (Phi) is 2.59. The van der Waals surface area contributed by atoms with E-state index in [1.165, 1.54) is 5.57 Å². The van der Waals surface area contributed by atoms with Gasteiger partial charge in [-0.1, -0.05) is 19.9 Å². The van der Waals surface area contributed by atoms with E-state index in [2.05, 4.69) is 18.8 Å². The van der Waals surface area contributed by atoms with Crippen LogP contribution in [-0.4, -0.2) is 17.9 Å². The Balaban J connectivity index is 1.98. The van der Waals surface area contributed by atoms with E-state index in [-0.39, 0.29) is 11.2 Å². The zero-order valence-electron chi connectivity index (χ0n) is 12.9. The minimum absolute atomic E-state index is 0.110. The molecule has 1 heterocycles. The predicted molar refractivity (Wildman–Crippen MR) is 85.2 cm³/mol. The first-order chi connectivity index (χ1) is 10.5. The Morgan fingerprint density at radius 2 is 2.00 bits per heavy atom. The number of benzene rings is 1. The SMILES string of the molecule is COc1ccc2c(c1)C(C)(C)C1=C(C2=O)c2cccnc2C1. The van der Waals surface area contributed by atoms with Crippen molar-refractivity contribution in [2.45, 2.75) is 25.7 Å². The van der Waals surface area contributed by atoms with E-state index in [1.807, 2.05) is 30.3 Å². The van der Waals surface area contributed by atoms with Gasteiger partial charge in [-0.25, -0.2) is 0 Å². The first kappa shape index (κ1) is 13.3. The van der Waals surface area contributed by atoms with Crippen molar-refractivity contribution in [3.05, 3.63) is 64.5 Å². The molecular weight excluding hydrogens is 274 g/mol. The number of pyridine rings is 1. The first-order valence-electron chi connectivity index (χ1n) is 7.45. The van der Waals surface area contributed by atoms with Crippen LogP contribution in [-0.2, 0) is 11.8 Å². The van der Waals surface area contributed by atoms with E-state index in [0.29, 0.717) is 0 Å². The maximum atomic E-state index is 13.0. The number of nitrogens with zero attached hydrogens (tertiary/aromatic N) is 1. The number of rotatable bonds is 1. The second-order valence-corrected chi connectivity index (χ2v) is 6.39. The van der Waals surface area contributed by atoms with E-state index in [4.69, 9.17) is 4.74 Å². The molecule has 0 fully saturated rings. The number of aromatic nitrogens is 1. The number of ketones is 1. The van der Waals surface area contributed by atoms with Gasteiger partial charge in [-0.05, 0) is 35.4 Å². The Labute approximate surface area is 129 Å². The third-order valence-corrected chi connectivity index (χ3v) is 4.93. The Bertz CT molecular complexity index is 846. The number of hydrogen-bond acceptors (Lipinski definition) is 3. The lowest BCUT2D eigenvalue weighted by molar-refractivity contribution is 0.105. The number of allylic oxidation sites excluding steroid dienone is 2. The van der Waals surface area contributed by atoms with Gasteiger partial charge in [-0.15, -0.1) is 0 Å². The van der Waals surface area contributed by atoms with Crippen LogP contribution in [0.5, 0.6) is 5.75 Å². The minimum atomic E-state index is -0.201. The second kappa shape index (κ2) is 4.29. The van der Waals surface area contributed by atoms with E-state index >= 15 is 0 Å². The van der Waals surface area contributed by atoms with Gasteiger partial charge in [0.1, 0.15) is 5.75 Å². The third kappa shape index (κ3) is 1.56. The highest BCUT2D eigenvalue weighted by Gasteiger charge is 2.43. The van der Waals surface area contributed by atoms with Crippen LogP contribution < -0.4 is 4.74 Å². The van der Waals surface area contributed by atoms with Gasteiger partial charge in [0.25, 0.3) is 0 Å². The number of hydrogen-bond donors (Lipinski definition) is 0. The van der Waals surface area contributed by atoms with E-state index in [0.717, 1.165) is 40.1 Å². The molecule has 4 rings (SSSR count). The second-order valence-electron chi connectivity index (χ2n) is 6.39. The van der Waals surface area contributed by atoms with Crippen LogP contribution in [0.1, 0.15) is 41.0 Å². The Hall–Kier alpha value is -2.42. The molecule has 0 amide bonds. The molecule has 0 bridgehead atoms. The van der Waals surface area contributed by atoms with Gasteiger partial charge < -0.3 is 4.74 Å². The predicted octanol–water partition coefficient (Wildman–Crippen LogP) is 3.57. The molecule has 0 atom stereocenters. The fourth-order valence-corrected chi connectivity index (χ4v) is 3.68. The van der Waals surface area contributed by atoms with Crippen molar-refractivity contribution in [2.75, 3.05) is 7.11 Å². The molecule has 0 unspecified atom stereocenters. The summed E-state index contributed by atoms with van der Waals surface area (Å²) in [5.41, 5.74) is 5.65. The van der Waals surface area contributed by atoms with Gasteiger partial charge in [0, 0.05) is 34.7 Å². The lowest BCUT2D eigenvalue weighted by Gasteiger charge is -2.34. The minimum Gasteiger partial charge on any atom is -0.497 e. The first-order valence-corrected chi connectivity index (χ1v) is 7.45. The molecule has 2 aliphatic carbocycles. The molecule has 1 aromatic heterocycles. The molecule has 1 aromatic carbocycles. The summed E-state index contributed by atoms with van der Waals surface area (Å²) in [6, 6.07) is 9.65. The molecule has 3 heteroatoms. The van der Waals surface area contributed by atoms with Gasteiger partial charge in [0.05, 0.1) is 12.8 Å². The van der Waals surface area contributed by atoms with Crippen molar-refractivity contribution in [1.29, 1.82) is 0 Å². The highest BCUT2D eigenvalue weighted by molar-refractivity contribution is 6.32. The van der Waals surface area contributed by atoms with Crippen LogP contribution in [0.15, 0.2) is 42.1 Å². The number of fused-ring (bicyclic) bond motifs is 3. The van der Waals surface area contributed by atoms with Gasteiger partial charge in [-0.3, -0.25) is 9.78 Å². The lowest BCUT2D eigenvalue weighted by atomic mass is 9.68. The van der Waals surface area contributed by atoms with Crippen LogP contribution in [0.2, 0.25) is 0 Å². The molecule has 2 aliphatic rings. The van der Waals surface area contributed by atoms with Crippen LogP contribution in [0.25, 0.3) is 5.57 Å². The summed E-state index contributed by atoms with van der Waals surface area (Å²) in [6.45, 7) is 4.36. The fourth-order valence-electron chi connectivity index (χ4n) is 3.68. The number of methoxy groups -OCH3 is 1.